The van der Waals surface area contributed by atoms with Gasteiger partial charge in [0.15, 0.2) is 0 Å². The quantitative estimate of drug-likeness (QED) is 0.190. The van der Waals surface area contributed by atoms with Gasteiger partial charge >= 0.3 is 5.97 Å². The largest absolute Gasteiger partial charge is 0.461 e. The molecule has 3 aromatic carbocycles. The second-order valence-electron chi connectivity index (χ2n) is 6.54. The van der Waals surface area contributed by atoms with Crippen LogP contribution in [-0.2, 0) is 4.74 Å². The number of ether oxygens (including phenoxy) is 1. The predicted octanol–water partition coefficient (Wildman–Crippen LogP) is 5.47. The molecule has 30 heavy (non-hydrogen) atoms. The first kappa shape index (κ1) is 19.5. The van der Waals surface area contributed by atoms with Crippen LogP contribution in [0.4, 0.5) is 0 Å². The van der Waals surface area contributed by atoms with Gasteiger partial charge in [-0.15, -0.1) is 11.8 Å². The first-order valence-corrected chi connectivity index (χ1v) is 10.4. The van der Waals surface area contributed by atoms with E-state index in [4.69, 9.17) is 4.74 Å². The molecule has 0 saturated heterocycles. The lowest BCUT2D eigenvalue weighted by molar-refractivity contribution is 0.0531. The van der Waals surface area contributed by atoms with Crippen molar-refractivity contribution < 1.29 is 9.53 Å². The van der Waals surface area contributed by atoms with Gasteiger partial charge in [-0.25, -0.2) is 4.79 Å². The Kier molecular flexibility index (Phi) is 5.66. The number of carbonyl (C=O) groups excluding carboxylic acids is 1. The molecule has 0 aliphatic heterocycles. The van der Waals surface area contributed by atoms with E-state index in [1.54, 1.807) is 23.9 Å². The van der Waals surface area contributed by atoms with Crippen molar-refractivity contribution in [1.82, 2.24) is 0 Å². The molecule has 0 atom stereocenters. The van der Waals surface area contributed by atoms with Crippen LogP contribution < -0.4 is 0 Å². The van der Waals surface area contributed by atoms with Crippen molar-refractivity contribution in [3.05, 3.63) is 95.1 Å². The van der Waals surface area contributed by atoms with E-state index < -0.39 is 5.97 Å². The molecule has 0 amide bonds. The van der Waals surface area contributed by atoms with Gasteiger partial charge < -0.3 is 4.74 Å². The highest BCUT2D eigenvalue weighted by Crippen LogP contribution is 2.47. The molecule has 3 aromatic rings. The molecule has 0 unspecified atom stereocenters. The van der Waals surface area contributed by atoms with Crippen LogP contribution in [0.3, 0.4) is 0 Å². The van der Waals surface area contributed by atoms with Crippen LogP contribution in [0.15, 0.2) is 83.3 Å². The molecular weight excluding hydrogens is 392 g/mol. The summed E-state index contributed by atoms with van der Waals surface area (Å²) >= 11 is 1.63. The summed E-state index contributed by atoms with van der Waals surface area (Å²) in [6.45, 7) is 0.286. The monoisotopic (exact) mass is 408 g/mol. The molecular formula is C25H16N2O2S. The minimum atomic E-state index is -0.410. The Bertz CT molecular complexity index is 1220. The molecule has 0 heterocycles. The smallest absolute Gasteiger partial charge is 0.338 e. The van der Waals surface area contributed by atoms with Crippen LogP contribution in [0, 0.1) is 22.7 Å². The van der Waals surface area contributed by atoms with Crippen LogP contribution in [0.1, 0.15) is 21.5 Å². The van der Waals surface area contributed by atoms with Crippen molar-refractivity contribution in [2.75, 3.05) is 12.4 Å². The molecule has 0 bridgehead atoms. The van der Waals surface area contributed by atoms with E-state index in [-0.39, 0.29) is 12.2 Å². The Hall–Kier alpha value is -3.80. The topological polar surface area (TPSA) is 73.9 Å². The normalized spacial score (nSPS) is 11.1. The lowest BCUT2D eigenvalue weighted by Gasteiger charge is -2.10. The molecule has 0 radical (unpaired) electrons. The van der Waals surface area contributed by atoms with Crippen LogP contribution in [0.25, 0.3) is 16.7 Å². The zero-order valence-electron chi connectivity index (χ0n) is 16.0. The summed E-state index contributed by atoms with van der Waals surface area (Å²) in [5.74, 6) is 0.242. The molecule has 144 valence electrons. The average molecular weight is 408 g/mol. The van der Waals surface area contributed by atoms with Gasteiger partial charge in [0.25, 0.3) is 0 Å². The number of thioether (sulfide) groups is 1. The van der Waals surface area contributed by atoms with E-state index in [0.717, 1.165) is 16.0 Å². The number of hydrogen-bond donors (Lipinski definition) is 0. The van der Waals surface area contributed by atoms with Crippen molar-refractivity contribution in [2.45, 2.75) is 4.90 Å². The average Bonchev–Trinajstić information content (AvgIpc) is 3.13. The molecule has 0 N–H and O–H groups in total. The molecule has 1 aliphatic carbocycles. The minimum Gasteiger partial charge on any atom is -0.461 e. The fourth-order valence-electron chi connectivity index (χ4n) is 3.58. The highest BCUT2D eigenvalue weighted by molar-refractivity contribution is 7.99. The van der Waals surface area contributed by atoms with Gasteiger partial charge in [0.05, 0.1) is 5.56 Å². The first-order valence-electron chi connectivity index (χ1n) is 9.37. The Morgan fingerprint density at radius 2 is 1.50 bits per heavy atom. The van der Waals surface area contributed by atoms with Gasteiger partial charge in [0.1, 0.15) is 24.3 Å². The second kappa shape index (κ2) is 8.69. The Morgan fingerprint density at radius 3 is 2.23 bits per heavy atom. The zero-order valence-corrected chi connectivity index (χ0v) is 16.8. The number of esters is 1. The van der Waals surface area contributed by atoms with E-state index in [2.05, 4.69) is 0 Å². The molecule has 1 aliphatic rings. The summed E-state index contributed by atoms with van der Waals surface area (Å²) in [6, 6.07) is 26.7. The van der Waals surface area contributed by atoms with Crippen molar-refractivity contribution in [2.24, 2.45) is 0 Å². The second-order valence-corrected chi connectivity index (χ2v) is 7.71. The van der Waals surface area contributed by atoms with E-state index in [1.165, 1.54) is 0 Å². The number of rotatable bonds is 5. The molecule has 0 aromatic heterocycles. The Balaban J connectivity index is 1.62. The lowest BCUT2D eigenvalue weighted by Crippen LogP contribution is -2.09. The Labute approximate surface area is 179 Å². The molecule has 0 fully saturated rings. The number of fused-ring (bicyclic) bond motifs is 3. The van der Waals surface area contributed by atoms with Crippen molar-refractivity contribution in [3.8, 4) is 23.3 Å². The van der Waals surface area contributed by atoms with Gasteiger partial charge in [-0.3, -0.25) is 0 Å². The third-order valence-electron chi connectivity index (χ3n) is 4.82. The van der Waals surface area contributed by atoms with Gasteiger partial charge in [-0.1, -0.05) is 54.6 Å². The standard InChI is InChI=1S/C25H16N2O2S/c26-15-17(16-27)23-19-9-4-5-10-20(19)24-21(23)11-6-12-22(24)25(28)29-13-14-30-18-7-2-1-3-8-18/h1-12H,13-14H2. The summed E-state index contributed by atoms with van der Waals surface area (Å²) in [7, 11) is 0. The number of carbonyl (C=O) groups is 1. The minimum absolute atomic E-state index is 0.0333. The van der Waals surface area contributed by atoms with E-state index in [1.807, 2.05) is 72.8 Å². The predicted molar refractivity (Wildman–Crippen MR) is 117 cm³/mol. The van der Waals surface area contributed by atoms with Crippen molar-refractivity contribution in [1.29, 1.82) is 10.5 Å². The van der Waals surface area contributed by atoms with Gasteiger partial charge in [0, 0.05) is 21.8 Å². The molecule has 5 heteroatoms. The van der Waals surface area contributed by atoms with Gasteiger partial charge in [0.2, 0.25) is 0 Å². The van der Waals surface area contributed by atoms with Gasteiger partial charge in [-0.2, -0.15) is 10.5 Å². The highest BCUT2D eigenvalue weighted by Gasteiger charge is 2.30. The maximum absolute atomic E-state index is 12.9. The van der Waals surface area contributed by atoms with E-state index >= 15 is 0 Å². The third kappa shape index (κ3) is 3.59. The van der Waals surface area contributed by atoms with Crippen LogP contribution in [0.5, 0.6) is 0 Å². The number of nitrogens with zero attached hydrogens (tertiary/aromatic N) is 2. The molecule has 4 nitrogen and oxygen atoms in total. The summed E-state index contributed by atoms with van der Waals surface area (Å²) in [5, 5.41) is 18.9. The summed E-state index contributed by atoms with van der Waals surface area (Å²) in [4.78, 5) is 14.0. The Morgan fingerprint density at radius 1 is 0.833 bits per heavy atom. The number of benzene rings is 3. The van der Waals surface area contributed by atoms with E-state index in [9.17, 15) is 15.3 Å². The maximum atomic E-state index is 12.9. The van der Waals surface area contributed by atoms with Gasteiger partial charge in [-0.05, 0) is 34.9 Å². The summed E-state index contributed by atoms with van der Waals surface area (Å²) in [5.41, 5.74) is 4.08. The third-order valence-corrected chi connectivity index (χ3v) is 5.80. The molecule has 0 spiro atoms. The fraction of sp³-hybridized carbons (Fsp3) is 0.0800. The van der Waals surface area contributed by atoms with Crippen LogP contribution in [0.2, 0.25) is 0 Å². The fourth-order valence-corrected chi connectivity index (χ4v) is 4.33. The summed E-state index contributed by atoms with van der Waals surface area (Å²) in [6.07, 6.45) is 0. The lowest BCUT2D eigenvalue weighted by atomic mass is 9.97. The highest BCUT2D eigenvalue weighted by atomic mass is 32.2. The SMILES string of the molecule is N#CC(C#N)=C1c2ccccc2-c2c(C(=O)OCCSc3ccccc3)cccc21. The van der Waals surface area contributed by atoms with Crippen molar-refractivity contribution >= 4 is 23.3 Å². The molecule has 4 rings (SSSR count). The summed E-state index contributed by atoms with van der Waals surface area (Å²) < 4.78 is 5.53. The number of nitriles is 2. The first-order chi connectivity index (χ1) is 14.7. The van der Waals surface area contributed by atoms with Crippen molar-refractivity contribution in [3.63, 3.8) is 0 Å². The van der Waals surface area contributed by atoms with Crippen LogP contribution >= 0.6 is 11.8 Å². The number of allylic oxidation sites excluding steroid dienone is 1. The molecule has 0 saturated carbocycles. The maximum Gasteiger partial charge on any atom is 0.338 e. The van der Waals surface area contributed by atoms with E-state index in [0.29, 0.717) is 28.0 Å². The number of hydrogen-bond acceptors (Lipinski definition) is 5. The van der Waals surface area contributed by atoms with Crippen LogP contribution in [-0.4, -0.2) is 18.3 Å². The zero-order chi connectivity index (χ0) is 20.9.